The average molecular weight is 396 g/mol. The fraction of sp³-hybridized carbons (Fsp3) is 0.417. The summed E-state index contributed by atoms with van der Waals surface area (Å²) < 4.78 is 1.89. The Hall–Kier alpha value is -0.100. The minimum absolute atomic E-state index is 0.0303. The van der Waals surface area contributed by atoms with E-state index in [1.807, 2.05) is 32.0 Å². The molecule has 1 aromatic carbocycles. The van der Waals surface area contributed by atoms with E-state index >= 15 is 0 Å². The third kappa shape index (κ3) is 3.73. The van der Waals surface area contributed by atoms with Gasteiger partial charge in [-0.25, -0.2) is 0 Å². The lowest BCUT2D eigenvalue weighted by atomic mass is 10.0. The van der Waals surface area contributed by atoms with Crippen molar-refractivity contribution < 1.29 is 4.79 Å². The second-order valence-corrected chi connectivity index (χ2v) is 6.42. The van der Waals surface area contributed by atoms with Crippen LogP contribution in [-0.2, 0) is 0 Å². The minimum atomic E-state index is -0.169. The number of carbonyl (C=O) groups excluding carboxylic acids is 1. The lowest BCUT2D eigenvalue weighted by Crippen LogP contribution is -2.42. The van der Waals surface area contributed by atoms with Crippen LogP contribution in [0.25, 0.3) is 0 Å². The number of hydrogen-bond donors (Lipinski definition) is 1. The Morgan fingerprint density at radius 1 is 1.50 bits per heavy atom. The molecule has 1 rings (SSSR count). The molecule has 4 heteroatoms. The molecule has 1 aromatic rings. The van der Waals surface area contributed by atoms with Crippen LogP contribution >= 0.6 is 38.5 Å². The second kappa shape index (κ2) is 5.49. The molecular weight excluding hydrogens is 381 g/mol. The molecule has 0 unspecified atom stereocenters. The molecule has 1 N–H and O–H groups in total. The van der Waals surface area contributed by atoms with Gasteiger partial charge in [-0.15, -0.1) is 0 Å². The van der Waals surface area contributed by atoms with Crippen molar-refractivity contribution >= 4 is 44.4 Å². The molecule has 0 bridgehead atoms. The van der Waals surface area contributed by atoms with Gasteiger partial charge in [0.1, 0.15) is 0 Å². The number of halogens is 2. The molecular formula is C12H15BrINO. The summed E-state index contributed by atoms with van der Waals surface area (Å²) in [5.74, 6) is -0.0303. The smallest absolute Gasteiger partial charge is 0.252 e. The van der Waals surface area contributed by atoms with Crippen LogP contribution in [0.3, 0.4) is 0 Å². The summed E-state index contributed by atoms with van der Waals surface area (Å²) in [4.78, 5) is 12.0. The van der Waals surface area contributed by atoms with Crippen LogP contribution in [0, 0.1) is 3.57 Å². The van der Waals surface area contributed by atoms with E-state index in [0.717, 1.165) is 14.5 Å². The lowest BCUT2D eigenvalue weighted by Gasteiger charge is -2.24. The predicted molar refractivity (Wildman–Crippen MR) is 78.7 cm³/mol. The molecule has 0 aliphatic heterocycles. The summed E-state index contributed by atoms with van der Waals surface area (Å²) in [6.07, 6.45) is 0.903. The molecule has 1 amide bonds. The molecule has 0 saturated heterocycles. The summed E-state index contributed by atoms with van der Waals surface area (Å²) in [5, 5.41) is 3.02. The van der Waals surface area contributed by atoms with Gasteiger partial charge >= 0.3 is 0 Å². The van der Waals surface area contributed by atoms with Crippen LogP contribution in [0.5, 0.6) is 0 Å². The van der Waals surface area contributed by atoms with Crippen LogP contribution in [0.2, 0.25) is 0 Å². The van der Waals surface area contributed by atoms with E-state index in [1.165, 1.54) is 0 Å². The SMILES string of the molecule is CCC(C)(C)NC(=O)c1cc(I)ccc1Br. The molecule has 0 spiro atoms. The Labute approximate surface area is 118 Å². The first-order chi connectivity index (χ1) is 7.35. The van der Waals surface area contributed by atoms with Crippen LogP contribution in [-0.4, -0.2) is 11.4 Å². The van der Waals surface area contributed by atoms with Gasteiger partial charge in [-0.1, -0.05) is 6.92 Å². The Morgan fingerprint density at radius 3 is 2.69 bits per heavy atom. The fourth-order valence-electron chi connectivity index (χ4n) is 1.13. The molecule has 0 aromatic heterocycles. The van der Waals surface area contributed by atoms with Crippen molar-refractivity contribution in [2.75, 3.05) is 0 Å². The normalized spacial score (nSPS) is 11.3. The molecule has 88 valence electrons. The van der Waals surface area contributed by atoms with E-state index in [-0.39, 0.29) is 11.4 Å². The van der Waals surface area contributed by atoms with Crippen molar-refractivity contribution in [1.82, 2.24) is 5.32 Å². The van der Waals surface area contributed by atoms with Crippen LogP contribution in [0.1, 0.15) is 37.6 Å². The molecule has 2 nitrogen and oxygen atoms in total. The highest BCUT2D eigenvalue weighted by Crippen LogP contribution is 2.20. The van der Waals surface area contributed by atoms with E-state index in [2.05, 4.69) is 50.8 Å². The van der Waals surface area contributed by atoms with Crippen molar-refractivity contribution in [3.8, 4) is 0 Å². The van der Waals surface area contributed by atoms with Gasteiger partial charge in [-0.2, -0.15) is 0 Å². The Morgan fingerprint density at radius 2 is 2.12 bits per heavy atom. The summed E-state index contributed by atoms with van der Waals surface area (Å²) in [6.45, 7) is 6.10. The standard InChI is InChI=1S/C12H15BrINO/c1-4-12(2,3)15-11(16)9-7-8(14)5-6-10(9)13/h5-7H,4H2,1-3H3,(H,15,16). The predicted octanol–water partition coefficient (Wildman–Crippen LogP) is 3.97. The molecule has 0 atom stereocenters. The molecule has 0 heterocycles. The van der Waals surface area contributed by atoms with Gasteiger partial charge in [0.25, 0.3) is 5.91 Å². The maximum absolute atomic E-state index is 12.0. The zero-order chi connectivity index (χ0) is 12.3. The van der Waals surface area contributed by atoms with Gasteiger partial charge in [-0.05, 0) is 77.0 Å². The van der Waals surface area contributed by atoms with Crippen LogP contribution in [0.4, 0.5) is 0 Å². The summed E-state index contributed by atoms with van der Waals surface area (Å²) >= 11 is 5.60. The maximum Gasteiger partial charge on any atom is 0.252 e. The largest absolute Gasteiger partial charge is 0.347 e. The second-order valence-electron chi connectivity index (χ2n) is 4.32. The maximum atomic E-state index is 12.0. The molecule has 0 saturated carbocycles. The van der Waals surface area contributed by atoms with Crippen LogP contribution < -0.4 is 5.32 Å². The van der Waals surface area contributed by atoms with E-state index in [1.54, 1.807) is 0 Å². The number of amides is 1. The summed E-state index contributed by atoms with van der Waals surface area (Å²) in [6, 6.07) is 5.74. The third-order valence-electron chi connectivity index (χ3n) is 2.51. The van der Waals surface area contributed by atoms with Gasteiger partial charge in [0, 0.05) is 13.6 Å². The van der Waals surface area contributed by atoms with E-state index < -0.39 is 0 Å². The van der Waals surface area contributed by atoms with Crippen molar-refractivity contribution in [3.63, 3.8) is 0 Å². The Kier molecular flexibility index (Phi) is 4.79. The number of nitrogens with one attached hydrogen (secondary N) is 1. The summed E-state index contributed by atoms with van der Waals surface area (Å²) in [5.41, 5.74) is 0.520. The van der Waals surface area contributed by atoms with E-state index in [0.29, 0.717) is 5.56 Å². The van der Waals surface area contributed by atoms with Gasteiger partial charge in [0.15, 0.2) is 0 Å². The molecule has 16 heavy (non-hydrogen) atoms. The molecule has 0 aliphatic carbocycles. The zero-order valence-electron chi connectivity index (χ0n) is 9.60. The van der Waals surface area contributed by atoms with E-state index in [4.69, 9.17) is 0 Å². The first-order valence-corrected chi connectivity index (χ1v) is 7.00. The lowest BCUT2D eigenvalue weighted by molar-refractivity contribution is 0.0910. The first kappa shape index (κ1) is 14.0. The zero-order valence-corrected chi connectivity index (χ0v) is 13.3. The number of carbonyl (C=O) groups is 1. The van der Waals surface area contributed by atoms with E-state index in [9.17, 15) is 4.79 Å². The van der Waals surface area contributed by atoms with Gasteiger partial charge in [-0.3, -0.25) is 4.79 Å². The van der Waals surface area contributed by atoms with Crippen LogP contribution in [0.15, 0.2) is 22.7 Å². The molecule has 0 radical (unpaired) electrons. The highest BCUT2D eigenvalue weighted by atomic mass is 127. The van der Waals surface area contributed by atoms with Gasteiger partial charge in [0.2, 0.25) is 0 Å². The number of hydrogen-bond acceptors (Lipinski definition) is 1. The highest BCUT2D eigenvalue weighted by Gasteiger charge is 2.20. The van der Waals surface area contributed by atoms with Crippen molar-refractivity contribution in [3.05, 3.63) is 31.8 Å². The first-order valence-electron chi connectivity index (χ1n) is 5.13. The monoisotopic (exact) mass is 395 g/mol. The fourth-order valence-corrected chi connectivity index (χ4v) is 2.05. The topological polar surface area (TPSA) is 29.1 Å². The number of rotatable bonds is 3. The highest BCUT2D eigenvalue weighted by molar-refractivity contribution is 14.1. The van der Waals surface area contributed by atoms with Crippen molar-refractivity contribution in [1.29, 1.82) is 0 Å². The van der Waals surface area contributed by atoms with Crippen molar-refractivity contribution in [2.24, 2.45) is 0 Å². The minimum Gasteiger partial charge on any atom is -0.347 e. The Bertz CT molecular complexity index is 404. The number of benzene rings is 1. The molecule has 0 aliphatic rings. The third-order valence-corrected chi connectivity index (χ3v) is 3.87. The average Bonchev–Trinajstić information content (AvgIpc) is 2.21. The van der Waals surface area contributed by atoms with Crippen molar-refractivity contribution in [2.45, 2.75) is 32.7 Å². The summed E-state index contributed by atoms with van der Waals surface area (Å²) in [7, 11) is 0. The van der Waals surface area contributed by atoms with Gasteiger partial charge < -0.3 is 5.32 Å². The molecule has 0 fully saturated rings. The quantitative estimate of drug-likeness (QED) is 0.770. The van der Waals surface area contributed by atoms with Gasteiger partial charge in [0.05, 0.1) is 5.56 Å². The Balaban J connectivity index is 2.93.